The van der Waals surface area contributed by atoms with Crippen LogP contribution >= 0.6 is 27.7 Å². The van der Waals surface area contributed by atoms with Gasteiger partial charge in [-0.05, 0) is 30.3 Å². The first-order valence-electron chi connectivity index (χ1n) is 8.27. The molecular formula is C19H18BrFN2O2S. The summed E-state index contributed by atoms with van der Waals surface area (Å²) in [6.45, 7) is 0.743. The van der Waals surface area contributed by atoms with E-state index in [-0.39, 0.29) is 37.0 Å². The highest BCUT2D eigenvalue weighted by Crippen LogP contribution is 2.34. The van der Waals surface area contributed by atoms with Crippen LogP contribution in [-0.2, 0) is 16.1 Å². The molecule has 0 bridgehead atoms. The normalized spacial score (nSPS) is 13.2. The second-order valence-corrected chi connectivity index (χ2v) is 7.93. The number of halogens is 2. The molecule has 1 aliphatic heterocycles. The Kier molecular flexibility index (Phi) is 6.32. The van der Waals surface area contributed by atoms with Crippen LogP contribution in [0.1, 0.15) is 18.4 Å². The minimum atomic E-state index is -0.369. The number of rotatable bonds is 5. The zero-order valence-electron chi connectivity index (χ0n) is 14.0. The van der Waals surface area contributed by atoms with Gasteiger partial charge in [-0.15, -0.1) is 11.8 Å². The zero-order chi connectivity index (χ0) is 18.5. The maximum absolute atomic E-state index is 13.7. The Morgan fingerprint density at radius 1 is 1.19 bits per heavy atom. The Labute approximate surface area is 164 Å². The molecule has 0 radical (unpaired) electrons. The average molecular weight is 437 g/mol. The third kappa shape index (κ3) is 4.65. The van der Waals surface area contributed by atoms with Crippen molar-refractivity contribution in [2.45, 2.75) is 24.3 Å². The molecule has 3 rings (SSSR count). The minimum Gasteiger partial charge on any atom is -0.352 e. The summed E-state index contributed by atoms with van der Waals surface area (Å²) in [4.78, 5) is 27.4. The number of nitrogens with one attached hydrogen (secondary N) is 1. The van der Waals surface area contributed by atoms with E-state index in [0.29, 0.717) is 12.1 Å². The molecule has 4 nitrogen and oxygen atoms in total. The van der Waals surface area contributed by atoms with Gasteiger partial charge in [-0.3, -0.25) is 9.59 Å². The van der Waals surface area contributed by atoms with Crippen molar-refractivity contribution in [3.05, 3.63) is 58.3 Å². The molecular weight excluding hydrogens is 419 g/mol. The Morgan fingerprint density at radius 3 is 2.85 bits per heavy atom. The fourth-order valence-electron chi connectivity index (χ4n) is 2.74. The topological polar surface area (TPSA) is 49.4 Å². The number of carbonyl (C=O) groups is 2. The van der Waals surface area contributed by atoms with E-state index >= 15 is 0 Å². The van der Waals surface area contributed by atoms with Crippen LogP contribution < -0.4 is 10.2 Å². The van der Waals surface area contributed by atoms with E-state index in [2.05, 4.69) is 21.2 Å². The van der Waals surface area contributed by atoms with Crippen molar-refractivity contribution >= 4 is 45.2 Å². The molecule has 0 saturated carbocycles. The molecule has 0 saturated heterocycles. The van der Waals surface area contributed by atoms with Crippen LogP contribution in [0.3, 0.4) is 0 Å². The lowest BCUT2D eigenvalue weighted by Crippen LogP contribution is -2.36. The second-order valence-electron chi connectivity index (χ2n) is 5.87. The Balaban J connectivity index is 1.52. The predicted octanol–water partition coefficient (Wildman–Crippen LogP) is 4.12. The molecule has 26 heavy (non-hydrogen) atoms. The van der Waals surface area contributed by atoms with Crippen molar-refractivity contribution in [3.63, 3.8) is 0 Å². The average Bonchev–Trinajstić information content (AvgIpc) is 2.66. The van der Waals surface area contributed by atoms with E-state index in [0.717, 1.165) is 20.8 Å². The molecule has 0 spiro atoms. The van der Waals surface area contributed by atoms with Crippen LogP contribution in [0, 0.1) is 5.82 Å². The third-order valence-electron chi connectivity index (χ3n) is 4.08. The molecule has 1 N–H and O–H groups in total. The third-order valence-corrected chi connectivity index (χ3v) is 5.62. The van der Waals surface area contributed by atoms with Crippen LogP contribution in [0.4, 0.5) is 10.1 Å². The number of para-hydroxylation sites is 1. The van der Waals surface area contributed by atoms with E-state index in [4.69, 9.17) is 0 Å². The molecule has 0 atom stereocenters. The summed E-state index contributed by atoms with van der Waals surface area (Å²) in [5.41, 5.74) is 1.31. The smallest absolute Gasteiger partial charge is 0.227 e. The number of thioether (sulfide) groups is 1. The first kappa shape index (κ1) is 18.9. The van der Waals surface area contributed by atoms with Gasteiger partial charge in [0.2, 0.25) is 11.8 Å². The highest BCUT2D eigenvalue weighted by Gasteiger charge is 2.22. The molecule has 0 aliphatic carbocycles. The van der Waals surface area contributed by atoms with Gasteiger partial charge in [-0.1, -0.05) is 28.1 Å². The van der Waals surface area contributed by atoms with Crippen LogP contribution in [0.2, 0.25) is 0 Å². The summed E-state index contributed by atoms with van der Waals surface area (Å²) in [7, 11) is 0. The van der Waals surface area contributed by atoms with Gasteiger partial charge in [-0.25, -0.2) is 4.39 Å². The number of anilines is 1. The van der Waals surface area contributed by atoms with Crippen molar-refractivity contribution in [2.75, 3.05) is 17.2 Å². The van der Waals surface area contributed by atoms with Crippen molar-refractivity contribution in [2.24, 2.45) is 0 Å². The fraction of sp³-hybridized carbons (Fsp3) is 0.263. The number of hydrogen-bond donors (Lipinski definition) is 1. The number of fused-ring (bicyclic) bond motifs is 1. The minimum absolute atomic E-state index is 0.0680. The largest absolute Gasteiger partial charge is 0.352 e. The molecule has 7 heteroatoms. The Bertz CT molecular complexity index is 831. The molecule has 1 aliphatic rings. The van der Waals surface area contributed by atoms with Gasteiger partial charge in [0.15, 0.2) is 0 Å². The number of nitrogens with zero attached hydrogens (tertiary/aromatic N) is 1. The van der Waals surface area contributed by atoms with E-state index in [1.54, 1.807) is 28.8 Å². The molecule has 0 fully saturated rings. The SMILES string of the molecule is O=C(CCC(=O)N1CCSc2ccccc21)NCc1cc(Br)ccc1F. The summed E-state index contributed by atoms with van der Waals surface area (Å²) in [6, 6.07) is 12.4. The Hall–Kier alpha value is -1.86. The maximum atomic E-state index is 13.7. The predicted molar refractivity (Wildman–Crippen MR) is 105 cm³/mol. The van der Waals surface area contributed by atoms with E-state index < -0.39 is 0 Å². The molecule has 0 aromatic heterocycles. The summed E-state index contributed by atoms with van der Waals surface area (Å²) < 4.78 is 14.4. The first-order valence-corrected chi connectivity index (χ1v) is 10.1. The molecule has 2 amide bonds. The molecule has 136 valence electrons. The number of benzene rings is 2. The van der Waals surface area contributed by atoms with Gasteiger partial charge in [-0.2, -0.15) is 0 Å². The van der Waals surface area contributed by atoms with E-state index in [9.17, 15) is 14.0 Å². The number of hydrogen-bond acceptors (Lipinski definition) is 3. The Morgan fingerprint density at radius 2 is 2.00 bits per heavy atom. The lowest BCUT2D eigenvalue weighted by Gasteiger charge is -2.29. The number of amides is 2. The van der Waals surface area contributed by atoms with Crippen LogP contribution in [-0.4, -0.2) is 24.1 Å². The van der Waals surface area contributed by atoms with Crippen LogP contribution in [0.5, 0.6) is 0 Å². The molecule has 2 aromatic carbocycles. The highest BCUT2D eigenvalue weighted by atomic mass is 79.9. The van der Waals surface area contributed by atoms with Gasteiger partial charge >= 0.3 is 0 Å². The standard InChI is InChI=1S/C19H18BrFN2O2S/c20-14-5-6-15(21)13(11-14)12-22-18(24)7-8-19(25)23-9-10-26-17-4-2-1-3-16(17)23/h1-6,11H,7-10,12H2,(H,22,24). The summed E-state index contributed by atoms with van der Waals surface area (Å²) in [6.07, 6.45) is 0.214. The highest BCUT2D eigenvalue weighted by molar-refractivity contribution is 9.10. The fourth-order valence-corrected chi connectivity index (χ4v) is 4.15. The van der Waals surface area contributed by atoms with Crippen molar-refractivity contribution < 1.29 is 14.0 Å². The lowest BCUT2D eigenvalue weighted by atomic mass is 10.2. The number of carbonyl (C=O) groups excluding carboxylic acids is 2. The quantitative estimate of drug-likeness (QED) is 0.766. The first-order chi connectivity index (χ1) is 12.5. The van der Waals surface area contributed by atoms with E-state index in [1.807, 2.05) is 24.3 Å². The van der Waals surface area contributed by atoms with Crippen molar-refractivity contribution in [1.82, 2.24) is 5.32 Å². The van der Waals surface area contributed by atoms with Gasteiger partial charge in [0.25, 0.3) is 0 Å². The van der Waals surface area contributed by atoms with Crippen LogP contribution in [0.15, 0.2) is 51.8 Å². The summed E-state index contributed by atoms with van der Waals surface area (Å²) >= 11 is 5.01. The molecule has 1 heterocycles. The molecule has 0 unspecified atom stereocenters. The zero-order valence-corrected chi connectivity index (χ0v) is 16.4. The van der Waals surface area contributed by atoms with Crippen molar-refractivity contribution in [1.29, 1.82) is 0 Å². The second kappa shape index (κ2) is 8.68. The van der Waals surface area contributed by atoms with Crippen molar-refractivity contribution in [3.8, 4) is 0 Å². The monoisotopic (exact) mass is 436 g/mol. The van der Waals surface area contributed by atoms with Crippen LogP contribution in [0.25, 0.3) is 0 Å². The van der Waals surface area contributed by atoms with Gasteiger partial charge < -0.3 is 10.2 Å². The maximum Gasteiger partial charge on any atom is 0.227 e. The van der Waals surface area contributed by atoms with E-state index in [1.165, 1.54) is 6.07 Å². The summed E-state index contributed by atoms with van der Waals surface area (Å²) in [5, 5.41) is 2.67. The lowest BCUT2D eigenvalue weighted by molar-refractivity contribution is -0.125. The van der Waals surface area contributed by atoms with Gasteiger partial charge in [0.05, 0.1) is 5.69 Å². The summed E-state index contributed by atoms with van der Waals surface area (Å²) in [5.74, 6) is 0.142. The molecule has 2 aromatic rings. The van der Waals surface area contributed by atoms with Gasteiger partial charge in [0.1, 0.15) is 5.82 Å². The van der Waals surface area contributed by atoms with Gasteiger partial charge in [0, 0.05) is 46.6 Å².